The Morgan fingerprint density at radius 3 is 2.48 bits per heavy atom. The van der Waals surface area contributed by atoms with Gasteiger partial charge in [-0.05, 0) is 125 Å². The van der Waals surface area contributed by atoms with Crippen molar-refractivity contribution in [1.82, 2.24) is 0 Å². The van der Waals surface area contributed by atoms with Crippen LogP contribution in [0.2, 0.25) is 0 Å². The van der Waals surface area contributed by atoms with Gasteiger partial charge in [0.1, 0.15) is 0 Å². The van der Waals surface area contributed by atoms with Gasteiger partial charge < -0.3 is 15.3 Å². The van der Waals surface area contributed by atoms with Gasteiger partial charge in [-0.25, -0.2) is 0 Å². The molecule has 3 N–H and O–H groups in total. The van der Waals surface area contributed by atoms with Gasteiger partial charge in [0.2, 0.25) is 0 Å². The first-order valence-electron chi connectivity index (χ1n) is 13.3. The zero-order chi connectivity index (χ0) is 22.5. The zero-order valence-electron chi connectivity index (χ0n) is 20.6. The molecule has 0 aliphatic heterocycles. The number of fused-ring (bicyclic) bond motifs is 5. The Morgan fingerprint density at radius 1 is 1.00 bits per heavy atom. The van der Waals surface area contributed by atoms with Gasteiger partial charge in [0, 0.05) is 6.61 Å². The van der Waals surface area contributed by atoms with E-state index in [1.807, 2.05) is 13.8 Å². The molecule has 0 heterocycles. The molecule has 0 saturated heterocycles. The highest BCUT2D eigenvalue weighted by Gasteiger charge is 2.58. The van der Waals surface area contributed by atoms with Crippen molar-refractivity contribution in [3.05, 3.63) is 11.6 Å². The fourth-order valence-corrected chi connectivity index (χ4v) is 8.70. The van der Waals surface area contributed by atoms with E-state index in [9.17, 15) is 10.2 Å². The van der Waals surface area contributed by atoms with Gasteiger partial charge >= 0.3 is 0 Å². The third-order valence-electron chi connectivity index (χ3n) is 10.7. The minimum atomic E-state index is -0.624. The van der Waals surface area contributed by atoms with E-state index in [4.69, 9.17) is 5.11 Å². The molecule has 0 amide bonds. The summed E-state index contributed by atoms with van der Waals surface area (Å²) in [6.07, 6.45) is 16.9. The molecule has 0 aromatic heterocycles. The number of allylic oxidation sites excluding steroid dienone is 1. The van der Waals surface area contributed by atoms with Crippen molar-refractivity contribution < 1.29 is 15.3 Å². The SMILES string of the molecule is CC(O)(CCCO)CCC[C@H]1CC[C@H]2[C@@H]3CC=C4C[C@@](C)(O)CC[C@]4(C)[C@H]3CC[C@]12C. The van der Waals surface area contributed by atoms with Crippen LogP contribution in [-0.2, 0) is 0 Å². The molecule has 4 aliphatic carbocycles. The van der Waals surface area contributed by atoms with E-state index in [1.54, 1.807) is 5.57 Å². The fourth-order valence-electron chi connectivity index (χ4n) is 8.70. The Kier molecular flexibility index (Phi) is 6.47. The van der Waals surface area contributed by atoms with Gasteiger partial charge in [0.25, 0.3) is 0 Å². The zero-order valence-corrected chi connectivity index (χ0v) is 20.6. The summed E-state index contributed by atoms with van der Waals surface area (Å²) in [6.45, 7) is 9.27. The molecule has 178 valence electrons. The van der Waals surface area contributed by atoms with Crippen LogP contribution in [0.3, 0.4) is 0 Å². The van der Waals surface area contributed by atoms with Gasteiger partial charge in [0.15, 0.2) is 0 Å². The molecule has 0 aromatic rings. The van der Waals surface area contributed by atoms with Crippen LogP contribution < -0.4 is 0 Å². The highest BCUT2D eigenvalue weighted by atomic mass is 16.3. The molecule has 3 fully saturated rings. The Balaban J connectivity index is 1.41. The standard InChI is InChI=1S/C28H48O3/c1-25(30,14-6-18-29)13-5-7-20-9-11-23-22-10-8-21-19-26(2,31)16-17-28(21,4)24(22)12-15-27(20,23)3/h8,20,22-24,29-31H,5-7,9-19H2,1-4H3/t20-,22-,23-,24-,25?,26-,27+,28-/m0/s1. The van der Waals surface area contributed by atoms with Crippen LogP contribution >= 0.6 is 0 Å². The summed E-state index contributed by atoms with van der Waals surface area (Å²) >= 11 is 0. The maximum absolute atomic E-state index is 10.7. The molecule has 31 heavy (non-hydrogen) atoms. The second-order valence-corrected chi connectivity index (χ2v) is 13.0. The highest BCUT2D eigenvalue weighted by molar-refractivity contribution is 5.26. The average Bonchev–Trinajstić information content (AvgIpc) is 3.03. The molecule has 4 aliphatic rings. The van der Waals surface area contributed by atoms with Gasteiger partial charge in [-0.1, -0.05) is 31.9 Å². The van der Waals surface area contributed by atoms with E-state index in [-0.39, 0.29) is 6.61 Å². The number of rotatable bonds is 7. The Bertz CT molecular complexity index is 680. The lowest BCUT2D eigenvalue weighted by Gasteiger charge is -2.59. The number of hydrogen-bond donors (Lipinski definition) is 3. The topological polar surface area (TPSA) is 60.7 Å². The lowest BCUT2D eigenvalue weighted by Crippen LogP contribution is -2.51. The van der Waals surface area contributed by atoms with Gasteiger partial charge in [-0.15, -0.1) is 0 Å². The fraction of sp³-hybridized carbons (Fsp3) is 0.929. The average molecular weight is 433 g/mol. The lowest BCUT2D eigenvalue weighted by molar-refractivity contribution is -0.0665. The molecule has 0 spiro atoms. The van der Waals surface area contributed by atoms with E-state index in [0.717, 1.165) is 55.8 Å². The first kappa shape index (κ1) is 23.8. The van der Waals surface area contributed by atoms with E-state index in [1.165, 1.54) is 38.5 Å². The summed E-state index contributed by atoms with van der Waals surface area (Å²) in [6, 6.07) is 0. The van der Waals surface area contributed by atoms with Crippen molar-refractivity contribution in [3.8, 4) is 0 Å². The maximum Gasteiger partial charge on any atom is 0.0657 e. The Morgan fingerprint density at radius 2 is 1.74 bits per heavy atom. The third-order valence-corrected chi connectivity index (χ3v) is 10.7. The van der Waals surface area contributed by atoms with E-state index >= 15 is 0 Å². The van der Waals surface area contributed by atoms with Crippen LogP contribution in [0.1, 0.15) is 111 Å². The van der Waals surface area contributed by atoms with E-state index in [0.29, 0.717) is 23.7 Å². The second kappa shape index (κ2) is 8.44. The first-order valence-corrected chi connectivity index (χ1v) is 13.3. The van der Waals surface area contributed by atoms with Crippen molar-refractivity contribution in [1.29, 1.82) is 0 Å². The molecule has 0 bridgehead atoms. The summed E-state index contributed by atoms with van der Waals surface area (Å²) < 4.78 is 0. The second-order valence-electron chi connectivity index (χ2n) is 13.0. The summed E-state index contributed by atoms with van der Waals surface area (Å²) in [5.41, 5.74) is 1.22. The van der Waals surface area contributed by atoms with Crippen molar-refractivity contribution in [2.75, 3.05) is 6.61 Å². The van der Waals surface area contributed by atoms with Crippen LogP contribution in [0, 0.1) is 34.5 Å². The summed E-state index contributed by atoms with van der Waals surface area (Å²) in [5, 5.41) is 30.4. The minimum Gasteiger partial charge on any atom is -0.396 e. The smallest absolute Gasteiger partial charge is 0.0657 e. The Hall–Kier alpha value is -0.380. The molecule has 3 nitrogen and oxygen atoms in total. The van der Waals surface area contributed by atoms with Crippen LogP contribution in [0.15, 0.2) is 11.6 Å². The molecule has 3 heteroatoms. The summed E-state index contributed by atoms with van der Waals surface area (Å²) in [5.74, 6) is 3.29. The molecule has 4 rings (SSSR count). The summed E-state index contributed by atoms with van der Waals surface area (Å²) in [4.78, 5) is 0. The van der Waals surface area contributed by atoms with Gasteiger partial charge in [-0.2, -0.15) is 0 Å². The van der Waals surface area contributed by atoms with Crippen LogP contribution in [0.5, 0.6) is 0 Å². The maximum atomic E-state index is 10.7. The molecule has 8 atom stereocenters. The van der Waals surface area contributed by atoms with Crippen LogP contribution in [0.4, 0.5) is 0 Å². The highest BCUT2D eigenvalue weighted by Crippen LogP contribution is 2.67. The molecule has 0 radical (unpaired) electrons. The molecule has 0 aromatic carbocycles. The number of aliphatic hydroxyl groups excluding tert-OH is 1. The van der Waals surface area contributed by atoms with Gasteiger partial charge in [0.05, 0.1) is 11.2 Å². The first-order chi connectivity index (χ1) is 14.5. The molecule has 1 unspecified atom stereocenters. The van der Waals surface area contributed by atoms with Crippen LogP contribution in [0.25, 0.3) is 0 Å². The molecular formula is C28H48O3. The van der Waals surface area contributed by atoms with Crippen molar-refractivity contribution in [2.45, 2.75) is 122 Å². The lowest BCUT2D eigenvalue weighted by atomic mass is 9.46. The number of aliphatic hydroxyl groups is 3. The van der Waals surface area contributed by atoms with E-state index in [2.05, 4.69) is 19.9 Å². The third kappa shape index (κ3) is 4.41. The Labute approximate surface area is 190 Å². The van der Waals surface area contributed by atoms with E-state index < -0.39 is 11.2 Å². The van der Waals surface area contributed by atoms with Gasteiger partial charge in [-0.3, -0.25) is 0 Å². The number of hydrogen-bond acceptors (Lipinski definition) is 3. The molecule has 3 saturated carbocycles. The normalized spacial score (nSPS) is 46.5. The van der Waals surface area contributed by atoms with Crippen molar-refractivity contribution >= 4 is 0 Å². The predicted octanol–water partition coefficient (Wildman–Crippen LogP) is 6.01. The van der Waals surface area contributed by atoms with Crippen LogP contribution in [-0.4, -0.2) is 33.1 Å². The largest absolute Gasteiger partial charge is 0.396 e. The molecular weight excluding hydrogens is 384 g/mol. The van der Waals surface area contributed by atoms with Crippen molar-refractivity contribution in [2.24, 2.45) is 34.5 Å². The minimum absolute atomic E-state index is 0.174. The summed E-state index contributed by atoms with van der Waals surface area (Å²) in [7, 11) is 0. The predicted molar refractivity (Wildman–Crippen MR) is 127 cm³/mol. The quantitative estimate of drug-likeness (QED) is 0.432. The monoisotopic (exact) mass is 432 g/mol. The van der Waals surface area contributed by atoms with Crippen molar-refractivity contribution in [3.63, 3.8) is 0 Å².